The summed E-state index contributed by atoms with van der Waals surface area (Å²) in [5.74, 6) is 0. The van der Waals surface area contributed by atoms with Crippen molar-refractivity contribution in [1.29, 1.82) is 0 Å². The molecule has 18 heavy (non-hydrogen) atoms. The molecule has 1 heterocycles. The van der Waals surface area contributed by atoms with E-state index in [4.69, 9.17) is 0 Å². The number of aromatic nitrogens is 2. The Morgan fingerprint density at radius 2 is 2.17 bits per heavy atom. The van der Waals surface area contributed by atoms with E-state index in [-0.39, 0.29) is 0 Å². The zero-order chi connectivity index (χ0) is 12.4. The molecule has 0 saturated heterocycles. The average Bonchev–Trinajstić information content (AvgIpc) is 2.80. The highest BCUT2D eigenvalue weighted by atomic mass is 15.2. The van der Waals surface area contributed by atoms with Gasteiger partial charge in [0.05, 0.1) is 6.20 Å². The molecule has 0 aromatic carbocycles. The van der Waals surface area contributed by atoms with Gasteiger partial charge in [-0.3, -0.25) is 4.68 Å². The molecule has 0 bridgehead atoms. The van der Waals surface area contributed by atoms with Gasteiger partial charge in [-0.1, -0.05) is 19.3 Å². The van der Waals surface area contributed by atoms with Crippen LogP contribution in [0.4, 0.5) is 0 Å². The molecule has 1 atom stereocenters. The molecule has 1 unspecified atom stereocenters. The summed E-state index contributed by atoms with van der Waals surface area (Å²) in [6.07, 6.45) is 15.4. The van der Waals surface area contributed by atoms with Crippen LogP contribution in [0.15, 0.2) is 12.4 Å². The molecule has 1 N–H and O–H groups in total. The Hall–Kier alpha value is -0.830. The second-order valence-electron chi connectivity index (χ2n) is 6.24. The van der Waals surface area contributed by atoms with Crippen molar-refractivity contribution in [2.75, 3.05) is 6.54 Å². The molecule has 2 fully saturated rings. The minimum atomic E-state index is 0.688. The maximum Gasteiger partial charge on any atom is 0.0522 e. The maximum absolute atomic E-state index is 4.22. The predicted octanol–water partition coefficient (Wildman–Crippen LogP) is 2.67. The summed E-state index contributed by atoms with van der Waals surface area (Å²) in [6, 6.07) is 0.800. The standard InChI is InChI=1S/C15H25N3/c1-18-12-13(11-17-18)6-10-16-14-5-9-15(14)7-3-2-4-8-15/h11-12,14,16H,2-10H2,1H3. The summed E-state index contributed by atoms with van der Waals surface area (Å²) < 4.78 is 1.89. The third kappa shape index (κ3) is 2.33. The molecule has 2 aliphatic carbocycles. The van der Waals surface area contributed by atoms with Gasteiger partial charge in [0.2, 0.25) is 0 Å². The SMILES string of the molecule is Cn1cc(CCNC2CCC23CCCCC3)cn1. The number of rotatable bonds is 4. The number of hydrogen-bond acceptors (Lipinski definition) is 2. The van der Waals surface area contributed by atoms with Crippen LogP contribution in [0.25, 0.3) is 0 Å². The Bertz CT molecular complexity index is 390. The van der Waals surface area contributed by atoms with E-state index in [9.17, 15) is 0 Å². The van der Waals surface area contributed by atoms with E-state index in [0.29, 0.717) is 5.41 Å². The first-order valence-electron chi connectivity index (χ1n) is 7.49. The lowest BCUT2D eigenvalue weighted by Crippen LogP contribution is -2.54. The highest BCUT2D eigenvalue weighted by Crippen LogP contribution is 2.51. The molecule has 0 radical (unpaired) electrons. The molecule has 0 amide bonds. The lowest BCUT2D eigenvalue weighted by Gasteiger charge is -2.52. The smallest absolute Gasteiger partial charge is 0.0522 e. The van der Waals surface area contributed by atoms with Crippen LogP contribution >= 0.6 is 0 Å². The Kier molecular flexibility index (Phi) is 3.42. The third-order valence-electron chi connectivity index (χ3n) is 5.08. The number of hydrogen-bond donors (Lipinski definition) is 1. The van der Waals surface area contributed by atoms with Crippen LogP contribution in [-0.4, -0.2) is 22.4 Å². The van der Waals surface area contributed by atoms with Crippen molar-refractivity contribution in [3.63, 3.8) is 0 Å². The van der Waals surface area contributed by atoms with Crippen LogP contribution < -0.4 is 5.32 Å². The van der Waals surface area contributed by atoms with Gasteiger partial charge in [-0.25, -0.2) is 0 Å². The van der Waals surface area contributed by atoms with Gasteiger partial charge < -0.3 is 5.32 Å². The van der Waals surface area contributed by atoms with Crippen LogP contribution in [-0.2, 0) is 13.5 Å². The van der Waals surface area contributed by atoms with Crippen LogP contribution in [0.2, 0.25) is 0 Å². The van der Waals surface area contributed by atoms with Crippen molar-refractivity contribution in [2.24, 2.45) is 12.5 Å². The largest absolute Gasteiger partial charge is 0.313 e. The number of aryl methyl sites for hydroxylation is 1. The summed E-state index contributed by atoms with van der Waals surface area (Å²) in [7, 11) is 1.99. The van der Waals surface area contributed by atoms with E-state index < -0.39 is 0 Å². The van der Waals surface area contributed by atoms with Crippen molar-refractivity contribution in [1.82, 2.24) is 15.1 Å². The van der Waals surface area contributed by atoms with E-state index in [1.807, 2.05) is 17.9 Å². The third-order valence-corrected chi connectivity index (χ3v) is 5.08. The summed E-state index contributed by atoms with van der Waals surface area (Å²) in [4.78, 5) is 0. The van der Waals surface area contributed by atoms with Gasteiger partial charge in [0.1, 0.15) is 0 Å². The van der Waals surface area contributed by atoms with E-state index in [0.717, 1.165) is 19.0 Å². The summed E-state index contributed by atoms with van der Waals surface area (Å²) >= 11 is 0. The molecular weight excluding hydrogens is 222 g/mol. The lowest BCUT2D eigenvalue weighted by atomic mass is 9.57. The van der Waals surface area contributed by atoms with E-state index >= 15 is 0 Å². The molecular formula is C15H25N3. The minimum absolute atomic E-state index is 0.688. The van der Waals surface area contributed by atoms with Crippen LogP contribution in [0.3, 0.4) is 0 Å². The average molecular weight is 247 g/mol. The zero-order valence-corrected chi connectivity index (χ0v) is 11.5. The Morgan fingerprint density at radius 3 is 2.78 bits per heavy atom. The monoisotopic (exact) mass is 247 g/mol. The first kappa shape index (κ1) is 12.2. The molecule has 3 nitrogen and oxygen atoms in total. The fourth-order valence-electron chi connectivity index (χ4n) is 3.86. The second kappa shape index (κ2) is 5.04. The van der Waals surface area contributed by atoms with Crippen LogP contribution in [0.1, 0.15) is 50.5 Å². The van der Waals surface area contributed by atoms with E-state index in [1.165, 1.54) is 50.5 Å². The first-order valence-corrected chi connectivity index (χ1v) is 7.49. The molecule has 100 valence electrons. The molecule has 1 aromatic rings. The summed E-state index contributed by atoms with van der Waals surface area (Å²) in [6.45, 7) is 1.11. The molecule has 3 rings (SSSR count). The van der Waals surface area contributed by atoms with Crippen molar-refractivity contribution in [3.8, 4) is 0 Å². The van der Waals surface area contributed by atoms with Crippen LogP contribution in [0.5, 0.6) is 0 Å². The lowest BCUT2D eigenvalue weighted by molar-refractivity contribution is 0.0236. The molecule has 1 spiro atoms. The predicted molar refractivity (Wildman–Crippen MR) is 73.5 cm³/mol. The number of nitrogens with one attached hydrogen (secondary N) is 1. The van der Waals surface area contributed by atoms with Crippen LogP contribution in [0, 0.1) is 5.41 Å². The summed E-state index contributed by atoms with van der Waals surface area (Å²) in [5, 5.41) is 8.02. The van der Waals surface area contributed by atoms with Gasteiger partial charge >= 0.3 is 0 Å². The fourth-order valence-corrected chi connectivity index (χ4v) is 3.86. The van der Waals surface area contributed by atoms with Gasteiger partial charge in [-0.2, -0.15) is 5.10 Å². The van der Waals surface area contributed by atoms with Gasteiger partial charge in [0, 0.05) is 19.3 Å². The molecule has 3 heteroatoms. The van der Waals surface area contributed by atoms with E-state index in [1.54, 1.807) is 0 Å². The van der Waals surface area contributed by atoms with Crippen molar-refractivity contribution < 1.29 is 0 Å². The highest BCUT2D eigenvalue weighted by Gasteiger charge is 2.46. The van der Waals surface area contributed by atoms with Gasteiger partial charge in [-0.05, 0) is 49.6 Å². The van der Waals surface area contributed by atoms with Crippen molar-refractivity contribution >= 4 is 0 Å². The summed E-state index contributed by atoms with van der Waals surface area (Å²) in [5.41, 5.74) is 2.04. The van der Waals surface area contributed by atoms with Gasteiger partial charge in [0.15, 0.2) is 0 Å². The van der Waals surface area contributed by atoms with Gasteiger partial charge in [-0.15, -0.1) is 0 Å². The molecule has 2 aliphatic rings. The number of nitrogens with zero attached hydrogens (tertiary/aromatic N) is 2. The molecule has 1 aromatic heterocycles. The molecule has 0 aliphatic heterocycles. The Balaban J connectivity index is 1.46. The minimum Gasteiger partial charge on any atom is -0.313 e. The maximum atomic E-state index is 4.22. The van der Waals surface area contributed by atoms with Gasteiger partial charge in [0.25, 0.3) is 0 Å². The molecule has 2 saturated carbocycles. The van der Waals surface area contributed by atoms with Crippen molar-refractivity contribution in [3.05, 3.63) is 18.0 Å². The van der Waals surface area contributed by atoms with E-state index in [2.05, 4.69) is 16.6 Å². The zero-order valence-electron chi connectivity index (χ0n) is 11.5. The second-order valence-corrected chi connectivity index (χ2v) is 6.24. The van der Waals surface area contributed by atoms with Crippen molar-refractivity contribution in [2.45, 2.75) is 57.4 Å². The normalized spacial score (nSPS) is 26.2. The fraction of sp³-hybridized carbons (Fsp3) is 0.800. The topological polar surface area (TPSA) is 29.9 Å². The Labute approximate surface area is 110 Å². The Morgan fingerprint density at radius 1 is 1.33 bits per heavy atom. The quantitative estimate of drug-likeness (QED) is 0.886. The first-order chi connectivity index (χ1) is 8.78. The highest BCUT2D eigenvalue weighted by molar-refractivity contribution is 5.05.